The van der Waals surface area contributed by atoms with Crippen molar-refractivity contribution in [3.05, 3.63) is 17.5 Å². The number of rotatable bonds is 4. The van der Waals surface area contributed by atoms with Gasteiger partial charge in [0, 0.05) is 5.56 Å². The number of esters is 1. The molecule has 0 radical (unpaired) electrons. The highest BCUT2D eigenvalue weighted by molar-refractivity contribution is 6.74. The highest BCUT2D eigenvalue weighted by atomic mass is 28.4. The lowest BCUT2D eigenvalue weighted by Gasteiger charge is -2.35. The molecule has 19 heavy (non-hydrogen) atoms. The van der Waals surface area contributed by atoms with Crippen molar-refractivity contribution in [3.63, 3.8) is 0 Å². The smallest absolute Gasteiger partial charge is 0.360 e. The van der Waals surface area contributed by atoms with Gasteiger partial charge in [-0.3, -0.25) is 0 Å². The summed E-state index contributed by atoms with van der Waals surface area (Å²) in [5, 5.41) is 4.19. The summed E-state index contributed by atoms with van der Waals surface area (Å²) < 4.78 is 11.1. The van der Waals surface area contributed by atoms with Crippen LogP contribution in [0.25, 0.3) is 0 Å². The third kappa shape index (κ3) is 3.37. The fraction of sp³-hybridized carbons (Fsp3) is 0.692. The summed E-state index contributed by atoms with van der Waals surface area (Å²) in [6, 6.07) is 0. The van der Waals surface area contributed by atoms with E-state index < -0.39 is 14.3 Å². The Morgan fingerprint density at radius 2 is 2.00 bits per heavy atom. The standard InChI is InChI=1S/C13H24N2O3Si/c1-8-17-12(16)11-10(2)9-14-15(11)18-19(6,7)13(3,4)5/h9H,8H2,1-7H3. The highest BCUT2D eigenvalue weighted by Crippen LogP contribution is 2.35. The monoisotopic (exact) mass is 284 g/mol. The molecule has 0 saturated carbocycles. The second-order valence-corrected chi connectivity index (χ2v) is 10.8. The van der Waals surface area contributed by atoms with Crippen LogP contribution >= 0.6 is 0 Å². The summed E-state index contributed by atoms with van der Waals surface area (Å²) in [6.07, 6.45) is 1.62. The number of hydrogen-bond donors (Lipinski definition) is 0. The third-order valence-electron chi connectivity index (χ3n) is 3.51. The minimum absolute atomic E-state index is 0.0405. The molecule has 0 spiro atoms. The first-order valence-electron chi connectivity index (χ1n) is 6.51. The third-order valence-corrected chi connectivity index (χ3v) is 7.75. The maximum absolute atomic E-state index is 11.9. The summed E-state index contributed by atoms with van der Waals surface area (Å²) in [7, 11) is -2.04. The van der Waals surface area contributed by atoms with Crippen molar-refractivity contribution in [1.29, 1.82) is 0 Å². The zero-order valence-corrected chi connectivity index (χ0v) is 13.9. The summed E-state index contributed by atoms with van der Waals surface area (Å²) >= 11 is 0. The minimum atomic E-state index is -2.04. The quantitative estimate of drug-likeness (QED) is 0.630. The van der Waals surface area contributed by atoms with Crippen molar-refractivity contribution in [2.24, 2.45) is 0 Å². The molecule has 0 aliphatic carbocycles. The lowest BCUT2D eigenvalue weighted by atomic mass is 10.2. The second-order valence-electron chi connectivity index (χ2n) is 6.12. The van der Waals surface area contributed by atoms with Crippen molar-refractivity contribution in [2.45, 2.75) is 52.8 Å². The summed E-state index contributed by atoms with van der Waals surface area (Å²) in [6.45, 7) is 14.6. The molecule has 0 atom stereocenters. The topological polar surface area (TPSA) is 53.3 Å². The number of aryl methyl sites for hydroxylation is 1. The van der Waals surface area contributed by atoms with Crippen molar-refractivity contribution < 1.29 is 14.1 Å². The number of aromatic nitrogens is 2. The van der Waals surface area contributed by atoms with Crippen LogP contribution in [-0.2, 0) is 4.74 Å². The van der Waals surface area contributed by atoms with E-state index in [-0.39, 0.29) is 5.04 Å². The first kappa shape index (κ1) is 15.8. The largest absolute Gasteiger partial charge is 0.461 e. The zero-order valence-electron chi connectivity index (χ0n) is 12.9. The molecule has 1 aromatic heterocycles. The van der Waals surface area contributed by atoms with Crippen molar-refractivity contribution in [1.82, 2.24) is 9.94 Å². The van der Waals surface area contributed by atoms with Crippen LogP contribution in [0.15, 0.2) is 6.20 Å². The molecule has 1 aromatic rings. The van der Waals surface area contributed by atoms with Crippen LogP contribution in [0.4, 0.5) is 0 Å². The number of hydrogen-bond acceptors (Lipinski definition) is 4. The Morgan fingerprint density at radius 3 is 2.47 bits per heavy atom. The molecule has 0 fully saturated rings. The van der Waals surface area contributed by atoms with E-state index in [9.17, 15) is 4.79 Å². The molecule has 5 nitrogen and oxygen atoms in total. The van der Waals surface area contributed by atoms with Gasteiger partial charge in [-0.25, -0.2) is 4.79 Å². The van der Waals surface area contributed by atoms with Gasteiger partial charge in [0.05, 0.1) is 12.8 Å². The first-order valence-corrected chi connectivity index (χ1v) is 9.42. The van der Waals surface area contributed by atoms with Crippen LogP contribution in [0.3, 0.4) is 0 Å². The van der Waals surface area contributed by atoms with Gasteiger partial charge >= 0.3 is 5.97 Å². The van der Waals surface area contributed by atoms with E-state index in [1.807, 2.05) is 6.92 Å². The maximum atomic E-state index is 11.9. The average molecular weight is 284 g/mol. The lowest BCUT2D eigenvalue weighted by molar-refractivity contribution is 0.0482. The molecule has 0 amide bonds. The zero-order chi connectivity index (χ0) is 14.8. The molecule has 0 aromatic carbocycles. The van der Waals surface area contributed by atoms with E-state index in [2.05, 4.69) is 39.0 Å². The Kier molecular flexibility index (Phi) is 4.45. The molecule has 0 N–H and O–H groups in total. The molecule has 108 valence electrons. The van der Waals surface area contributed by atoms with Crippen LogP contribution < -0.4 is 4.53 Å². The molecule has 0 aliphatic rings. The predicted molar refractivity (Wildman–Crippen MR) is 76.7 cm³/mol. The molecule has 1 rings (SSSR count). The molecule has 0 unspecified atom stereocenters. The fourth-order valence-corrected chi connectivity index (χ4v) is 2.11. The normalized spacial score (nSPS) is 12.4. The van der Waals surface area contributed by atoms with Gasteiger partial charge in [0.2, 0.25) is 0 Å². The Hall–Kier alpha value is -1.30. The molecule has 1 heterocycles. The molecular formula is C13H24N2O3Si. The van der Waals surface area contributed by atoms with Crippen LogP contribution in [0.5, 0.6) is 0 Å². The Labute approximate surface area is 116 Å². The molecule has 0 aliphatic heterocycles. The van der Waals surface area contributed by atoms with E-state index in [1.54, 1.807) is 13.1 Å². The van der Waals surface area contributed by atoms with Crippen molar-refractivity contribution in [3.8, 4) is 0 Å². The molecular weight excluding hydrogens is 260 g/mol. The van der Waals surface area contributed by atoms with Gasteiger partial charge in [-0.05, 0) is 32.0 Å². The van der Waals surface area contributed by atoms with Crippen molar-refractivity contribution in [2.75, 3.05) is 6.61 Å². The number of ether oxygens (including phenoxy) is 1. The SMILES string of the molecule is CCOC(=O)c1c(C)cnn1O[Si](C)(C)C(C)(C)C. The summed E-state index contributed by atoms with van der Waals surface area (Å²) in [5.74, 6) is -0.392. The van der Waals surface area contributed by atoms with Gasteiger partial charge in [-0.2, -0.15) is 0 Å². The van der Waals surface area contributed by atoms with Gasteiger partial charge in [0.1, 0.15) is 0 Å². The van der Waals surface area contributed by atoms with Gasteiger partial charge in [-0.1, -0.05) is 20.8 Å². The van der Waals surface area contributed by atoms with Crippen LogP contribution in [0.2, 0.25) is 18.1 Å². The van der Waals surface area contributed by atoms with E-state index in [1.165, 1.54) is 4.85 Å². The van der Waals surface area contributed by atoms with E-state index in [4.69, 9.17) is 9.26 Å². The van der Waals surface area contributed by atoms with Crippen molar-refractivity contribution >= 4 is 14.3 Å². The second kappa shape index (κ2) is 5.36. The van der Waals surface area contributed by atoms with Gasteiger partial charge in [0.25, 0.3) is 8.32 Å². The van der Waals surface area contributed by atoms with E-state index >= 15 is 0 Å². The Morgan fingerprint density at radius 1 is 1.42 bits per heavy atom. The van der Waals surface area contributed by atoms with Gasteiger partial charge in [-0.15, -0.1) is 9.94 Å². The van der Waals surface area contributed by atoms with Crippen LogP contribution in [-0.4, -0.2) is 30.8 Å². The lowest BCUT2D eigenvalue weighted by Crippen LogP contribution is -2.49. The van der Waals surface area contributed by atoms with E-state index in [0.717, 1.165) is 5.56 Å². The molecule has 0 saturated heterocycles. The Bertz CT molecular complexity index is 461. The number of carbonyl (C=O) groups excluding carboxylic acids is 1. The first-order chi connectivity index (χ1) is 8.60. The minimum Gasteiger partial charge on any atom is -0.461 e. The predicted octanol–water partition coefficient (Wildman–Crippen LogP) is 2.80. The number of carbonyl (C=O) groups is 1. The van der Waals surface area contributed by atoms with Gasteiger partial charge < -0.3 is 9.26 Å². The fourth-order valence-electron chi connectivity index (χ4n) is 1.27. The number of nitrogens with zero attached hydrogens (tertiary/aromatic N) is 2. The average Bonchev–Trinajstić information content (AvgIpc) is 2.57. The van der Waals surface area contributed by atoms with Crippen LogP contribution in [0.1, 0.15) is 43.7 Å². The highest BCUT2D eigenvalue weighted by Gasteiger charge is 2.41. The Balaban J connectivity index is 3.07. The van der Waals surface area contributed by atoms with Crippen LogP contribution in [0, 0.1) is 6.92 Å². The molecule has 0 bridgehead atoms. The summed E-state index contributed by atoms with van der Waals surface area (Å²) in [5.41, 5.74) is 1.14. The van der Waals surface area contributed by atoms with E-state index in [0.29, 0.717) is 12.3 Å². The molecule has 6 heteroatoms. The van der Waals surface area contributed by atoms with Gasteiger partial charge in [0.15, 0.2) is 5.69 Å². The summed E-state index contributed by atoms with van der Waals surface area (Å²) in [4.78, 5) is 13.3. The maximum Gasteiger partial charge on any atom is 0.360 e.